The van der Waals surface area contributed by atoms with Crippen molar-refractivity contribution in [3.63, 3.8) is 0 Å². The summed E-state index contributed by atoms with van der Waals surface area (Å²) >= 11 is 0. The number of carbonyl (C=O) groups is 1. The fourth-order valence-electron chi connectivity index (χ4n) is 1.52. The van der Waals surface area contributed by atoms with Gasteiger partial charge in [-0.3, -0.25) is 9.63 Å². The lowest BCUT2D eigenvalue weighted by molar-refractivity contribution is 0.0229. The standard InChI is InChI=1S/C14H10F3NO2/c15-11-7-6-10(12(16)13(11)17)14(19)18-20-8-9-4-2-1-3-5-9/h1-7H,8H2,(H,18,19). The first-order valence-corrected chi connectivity index (χ1v) is 5.69. The smallest absolute Gasteiger partial charge is 0.269 e. The normalized spacial score (nSPS) is 10.3. The summed E-state index contributed by atoms with van der Waals surface area (Å²) < 4.78 is 39.0. The zero-order chi connectivity index (χ0) is 14.5. The number of amides is 1. The molecule has 2 rings (SSSR count). The molecule has 0 unspecified atom stereocenters. The van der Waals surface area contributed by atoms with Gasteiger partial charge in [0, 0.05) is 0 Å². The van der Waals surface area contributed by atoms with Crippen LogP contribution in [0.3, 0.4) is 0 Å². The van der Waals surface area contributed by atoms with E-state index in [1.807, 2.05) is 11.5 Å². The second-order valence-electron chi connectivity index (χ2n) is 3.93. The first-order valence-electron chi connectivity index (χ1n) is 5.69. The number of benzene rings is 2. The number of carbonyl (C=O) groups excluding carboxylic acids is 1. The Morgan fingerprint density at radius 1 is 1.00 bits per heavy atom. The van der Waals surface area contributed by atoms with Crippen LogP contribution in [0.4, 0.5) is 13.2 Å². The minimum Gasteiger partial charge on any atom is -0.269 e. The highest BCUT2D eigenvalue weighted by atomic mass is 19.2. The molecular weight excluding hydrogens is 271 g/mol. The van der Waals surface area contributed by atoms with Gasteiger partial charge in [-0.25, -0.2) is 18.7 Å². The van der Waals surface area contributed by atoms with E-state index in [1.54, 1.807) is 24.3 Å². The van der Waals surface area contributed by atoms with Crippen molar-refractivity contribution < 1.29 is 22.8 Å². The van der Waals surface area contributed by atoms with E-state index in [2.05, 4.69) is 0 Å². The number of hydroxylamine groups is 1. The van der Waals surface area contributed by atoms with Gasteiger partial charge in [-0.15, -0.1) is 0 Å². The molecule has 0 saturated heterocycles. The Labute approximate surface area is 112 Å². The Morgan fingerprint density at radius 3 is 2.40 bits per heavy atom. The molecule has 0 aliphatic carbocycles. The van der Waals surface area contributed by atoms with E-state index in [-0.39, 0.29) is 6.61 Å². The number of hydrogen-bond donors (Lipinski definition) is 1. The summed E-state index contributed by atoms with van der Waals surface area (Å²) in [4.78, 5) is 16.4. The van der Waals surface area contributed by atoms with Crippen molar-refractivity contribution in [1.82, 2.24) is 5.48 Å². The highest BCUT2D eigenvalue weighted by Crippen LogP contribution is 2.15. The molecule has 104 valence electrons. The average molecular weight is 281 g/mol. The number of hydrogen-bond acceptors (Lipinski definition) is 2. The van der Waals surface area contributed by atoms with Crippen LogP contribution in [0.1, 0.15) is 15.9 Å². The first-order chi connectivity index (χ1) is 9.59. The van der Waals surface area contributed by atoms with E-state index < -0.39 is 28.9 Å². The second-order valence-corrected chi connectivity index (χ2v) is 3.93. The third kappa shape index (κ3) is 3.16. The van der Waals surface area contributed by atoms with Crippen molar-refractivity contribution in [1.29, 1.82) is 0 Å². The van der Waals surface area contributed by atoms with E-state index in [9.17, 15) is 18.0 Å². The van der Waals surface area contributed by atoms with E-state index >= 15 is 0 Å². The lowest BCUT2D eigenvalue weighted by Crippen LogP contribution is -2.25. The van der Waals surface area contributed by atoms with Gasteiger partial charge in [0.1, 0.15) is 0 Å². The largest absolute Gasteiger partial charge is 0.277 e. The van der Waals surface area contributed by atoms with Crippen LogP contribution in [-0.4, -0.2) is 5.91 Å². The van der Waals surface area contributed by atoms with Crippen LogP contribution in [0, 0.1) is 17.5 Å². The summed E-state index contributed by atoms with van der Waals surface area (Å²) in [6.45, 7) is 0.0673. The molecule has 0 atom stereocenters. The summed E-state index contributed by atoms with van der Waals surface area (Å²) in [6.07, 6.45) is 0. The SMILES string of the molecule is O=C(NOCc1ccccc1)c1ccc(F)c(F)c1F. The molecule has 0 fully saturated rings. The van der Waals surface area contributed by atoms with Crippen molar-refractivity contribution >= 4 is 5.91 Å². The lowest BCUT2D eigenvalue weighted by Gasteiger charge is -2.07. The van der Waals surface area contributed by atoms with Gasteiger partial charge in [0.2, 0.25) is 0 Å². The van der Waals surface area contributed by atoms with E-state index in [0.29, 0.717) is 6.07 Å². The van der Waals surface area contributed by atoms with Crippen LogP contribution in [0.25, 0.3) is 0 Å². The number of halogens is 3. The molecule has 2 aromatic rings. The molecular formula is C14H10F3NO2. The third-order valence-corrected chi connectivity index (χ3v) is 2.53. The Balaban J connectivity index is 1.97. The predicted octanol–water partition coefficient (Wildman–Crippen LogP) is 2.97. The molecule has 0 bridgehead atoms. The second kappa shape index (κ2) is 6.21. The first kappa shape index (κ1) is 14.1. The van der Waals surface area contributed by atoms with Crippen molar-refractivity contribution in [2.45, 2.75) is 6.61 Å². The molecule has 0 aliphatic heterocycles. The maximum Gasteiger partial charge on any atom is 0.277 e. The van der Waals surface area contributed by atoms with Crippen LogP contribution < -0.4 is 5.48 Å². The van der Waals surface area contributed by atoms with Gasteiger partial charge in [0.25, 0.3) is 5.91 Å². The fourth-order valence-corrected chi connectivity index (χ4v) is 1.52. The molecule has 0 aliphatic rings. The Kier molecular flexibility index (Phi) is 4.37. The molecule has 6 heteroatoms. The van der Waals surface area contributed by atoms with Gasteiger partial charge in [-0.05, 0) is 17.7 Å². The highest BCUT2D eigenvalue weighted by Gasteiger charge is 2.18. The van der Waals surface area contributed by atoms with E-state index in [1.165, 1.54) is 0 Å². The molecule has 0 spiro atoms. The maximum absolute atomic E-state index is 13.3. The lowest BCUT2D eigenvalue weighted by atomic mass is 10.2. The summed E-state index contributed by atoms with van der Waals surface area (Å²) in [5, 5.41) is 0. The summed E-state index contributed by atoms with van der Waals surface area (Å²) in [5.41, 5.74) is 2.13. The summed E-state index contributed by atoms with van der Waals surface area (Å²) in [5.74, 6) is -5.59. The summed E-state index contributed by atoms with van der Waals surface area (Å²) in [7, 11) is 0. The van der Waals surface area contributed by atoms with Crippen LogP contribution in [0.2, 0.25) is 0 Å². The van der Waals surface area contributed by atoms with E-state index in [4.69, 9.17) is 4.84 Å². The highest BCUT2D eigenvalue weighted by molar-refractivity contribution is 5.93. The molecule has 3 nitrogen and oxygen atoms in total. The van der Waals surface area contributed by atoms with Crippen molar-refractivity contribution in [2.75, 3.05) is 0 Å². The van der Waals surface area contributed by atoms with Gasteiger partial charge >= 0.3 is 0 Å². The molecule has 0 heterocycles. The molecule has 1 amide bonds. The number of rotatable bonds is 4. The third-order valence-electron chi connectivity index (χ3n) is 2.53. The van der Waals surface area contributed by atoms with Crippen molar-refractivity contribution in [3.8, 4) is 0 Å². The quantitative estimate of drug-likeness (QED) is 0.691. The Bertz CT molecular complexity index is 617. The van der Waals surface area contributed by atoms with Gasteiger partial charge in [0.15, 0.2) is 17.5 Å². The molecule has 0 radical (unpaired) electrons. The van der Waals surface area contributed by atoms with Crippen molar-refractivity contribution in [2.24, 2.45) is 0 Å². The molecule has 0 aromatic heterocycles. The fraction of sp³-hybridized carbons (Fsp3) is 0.0714. The molecule has 0 saturated carbocycles. The maximum atomic E-state index is 13.3. The number of nitrogens with one attached hydrogen (secondary N) is 1. The molecule has 1 N–H and O–H groups in total. The average Bonchev–Trinajstić information content (AvgIpc) is 2.46. The topological polar surface area (TPSA) is 38.3 Å². The minimum atomic E-state index is -1.69. The molecule has 2 aromatic carbocycles. The van der Waals surface area contributed by atoms with E-state index in [0.717, 1.165) is 11.6 Å². The Hall–Kier alpha value is -2.34. The predicted molar refractivity (Wildman–Crippen MR) is 65.0 cm³/mol. The van der Waals surface area contributed by atoms with Crippen LogP contribution in [-0.2, 0) is 11.4 Å². The molecule has 20 heavy (non-hydrogen) atoms. The van der Waals surface area contributed by atoms with Gasteiger partial charge in [-0.1, -0.05) is 30.3 Å². The zero-order valence-corrected chi connectivity index (χ0v) is 10.2. The van der Waals surface area contributed by atoms with Gasteiger partial charge in [-0.2, -0.15) is 0 Å². The zero-order valence-electron chi connectivity index (χ0n) is 10.2. The summed E-state index contributed by atoms with van der Waals surface area (Å²) in [6, 6.07) is 10.4. The monoisotopic (exact) mass is 281 g/mol. The van der Waals surface area contributed by atoms with Crippen molar-refractivity contribution in [3.05, 3.63) is 71.0 Å². The van der Waals surface area contributed by atoms with Gasteiger partial charge in [0.05, 0.1) is 12.2 Å². The van der Waals surface area contributed by atoms with Gasteiger partial charge < -0.3 is 0 Å². The van der Waals surface area contributed by atoms with Crippen LogP contribution in [0.5, 0.6) is 0 Å². The minimum absolute atomic E-state index is 0.0673. The Morgan fingerprint density at radius 2 is 1.70 bits per heavy atom. The van der Waals surface area contributed by atoms with Crippen LogP contribution >= 0.6 is 0 Å². The van der Waals surface area contributed by atoms with Crippen LogP contribution in [0.15, 0.2) is 42.5 Å².